The maximum atomic E-state index is 11.5. The molecule has 0 spiro atoms. The van der Waals surface area contributed by atoms with E-state index in [1.807, 2.05) is 0 Å². The smallest absolute Gasteiger partial charge is 0.356 e. The lowest BCUT2D eigenvalue weighted by Gasteiger charge is -2.16. The van der Waals surface area contributed by atoms with Gasteiger partial charge >= 0.3 is 11.9 Å². The maximum Gasteiger partial charge on any atom is 0.356 e. The van der Waals surface area contributed by atoms with Crippen molar-refractivity contribution >= 4 is 11.9 Å². The first kappa shape index (κ1) is 13.2. The van der Waals surface area contributed by atoms with Crippen LogP contribution in [0.5, 0.6) is 0 Å². The molecule has 0 amide bonds. The zero-order chi connectivity index (χ0) is 12.8. The van der Waals surface area contributed by atoms with E-state index in [0.717, 1.165) is 0 Å². The van der Waals surface area contributed by atoms with Gasteiger partial charge in [-0.05, 0) is 18.1 Å². The predicted octanol–water partition coefficient (Wildman–Crippen LogP) is 1.46. The molecule has 0 aliphatic heterocycles. The average molecular weight is 237 g/mol. The molecule has 1 aromatic rings. The summed E-state index contributed by atoms with van der Waals surface area (Å²) >= 11 is 0. The summed E-state index contributed by atoms with van der Waals surface area (Å²) in [4.78, 5) is 27.1. The Bertz CT molecular complexity index is 389. The molecule has 0 bridgehead atoms. The molecule has 0 aromatic heterocycles. The molecular formula is C12H15NO4. The van der Waals surface area contributed by atoms with Crippen LogP contribution in [0, 0.1) is 5.92 Å². The van der Waals surface area contributed by atoms with Crippen LogP contribution in [0.3, 0.4) is 0 Å². The fourth-order valence-electron chi connectivity index (χ4n) is 1.22. The third-order valence-electron chi connectivity index (χ3n) is 2.22. The Balaban J connectivity index is 2.56. The molecular weight excluding hydrogens is 222 g/mol. The minimum atomic E-state index is -1.05. The van der Waals surface area contributed by atoms with Gasteiger partial charge in [0.1, 0.15) is 6.04 Å². The Kier molecular flexibility index (Phi) is 4.66. The van der Waals surface area contributed by atoms with Gasteiger partial charge in [-0.15, -0.1) is 5.48 Å². The number of nitrogens with one attached hydrogen (secondary N) is 1. The Morgan fingerprint density at radius 2 is 1.82 bits per heavy atom. The van der Waals surface area contributed by atoms with Gasteiger partial charge in [0.05, 0.1) is 5.56 Å². The van der Waals surface area contributed by atoms with E-state index in [9.17, 15) is 9.59 Å². The SMILES string of the molecule is CC(C)[C@H](NOC(=O)c1ccccc1)C(=O)O. The lowest BCUT2D eigenvalue weighted by Crippen LogP contribution is -2.42. The van der Waals surface area contributed by atoms with Crippen molar-refractivity contribution in [1.82, 2.24) is 5.48 Å². The molecule has 0 heterocycles. The standard InChI is InChI=1S/C12H15NO4/c1-8(2)10(11(14)15)13-17-12(16)9-6-4-3-5-7-9/h3-8,10,13H,1-2H3,(H,14,15)/t10-/m0/s1. The van der Waals surface area contributed by atoms with E-state index in [1.165, 1.54) is 0 Å². The number of carboxylic acids is 1. The summed E-state index contributed by atoms with van der Waals surface area (Å²) in [7, 11) is 0. The molecule has 2 N–H and O–H groups in total. The Morgan fingerprint density at radius 3 is 2.29 bits per heavy atom. The first-order chi connectivity index (χ1) is 8.02. The number of hydrogen-bond donors (Lipinski definition) is 2. The number of hydrogen-bond acceptors (Lipinski definition) is 4. The van der Waals surface area contributed by atoms with E-state index >= 15 is 0 Å². The first-order valence-electron chi connectivity index (χ1n) is 5.27. The average Bonchev–Trinajstić information content (AvgIpc) is 2.29. The van der Waals surface area contributed by atoms with Gasteiger partial charge in [-0.2, -0.15) is 0 Å². The molecule has 0 aliphatic rings. The minimum Gasteiger partial charge on any atom is -0.480 e. The second-order valence-electron chi connectivity index (χ2n) is 3.93. The highest BCUT2D eigenvalue weighted by molar-refractivity contribution is 5.89. The summed E-state index contributed by atoms with van der Waals surface area (Å²) in [5.74, 6) is -1.84. The van der Waals surface area contributed by atoms with E-state index in [4.69, 9.17) is 9.94 Å². The Morgan fingerprint density at radius 1 is 1.24 bits per heavy atom. The third-order valence-corrected chi connectivity index (χ3v) is 2.22. The number of aliphatic carboxylic acids is 1. The predicted molar refractivity (Wildman–Crippen MR) is 61.3 cm³/mol. The third kappa shape index (κ3) is 3.88. The zero-order valence-corrected chi connectivity index (χ0v) is 9.71. The van der Waals surface area contributed by atoms with Gasteiger partial charge in [0.2, 0.25) is 0 Å². The molecule has 0 saturated heterocycles. The van der Waals surface area contributed by atoms with Crippen LogP contribution in [-0.2, 0) is 9.63 Å². The van der Waals surface area contributed by atoms with Gasteiger partial charge in [0.25, 0.3) is 0 Å². The highest BCUT2D eigenvalue weighted by Crippen LogP contribution is 2.04. The monoisotopic (exact) mass is 237 g/mol. The van der Waals surface area contributed by atoms with Gasteiger partial charge in [0, 0.05) is 0 Å². The van der Waals surface area contributed by atoms with Crippen LogP contribution in [0.2, 0.25) is 0 Å². The minimum absolute atomic E-state index is 0.184. The number of benzene rings is 1. The summed E-state index contributed by atoms with van der Waals surface area (Å²) in [6.45, 7) is 3.45. The largest absolute Gasteiger partial charge is 0.480 e. The molecule has 0 radical (unpaired) electrons. The number of carbonyl (C=O) groups is 2. The van der Waals surface area contributed by atoms with Gasteiger partial charge in [-0.25, -0.2) is 4.79 Å². The second-order valence-corrected chi connectivity index (χ2v) is 3.93. The normalized spacial score (nSPS) is 12.2. The van der Waals surface area contributed by atoms with Gasteiger partial charge < -0.3 is 9.94 Å². The van der Waals surface area contributed by atoms with E-state index in [0.29, 0.717) is 5.56 Å². The van der Waals surface area contributed by atoms with Crippen LogP contribution in [0.15, 0.2) is 30.3 Å². The summed E-state index contributed by atoms with van der Waals surface area (Å²) in [5.41, 5.74) is 2.64. The van der Waals surface area contributed by atoms with Crippen molar-refractivity contribution in [3.63, 3.8) is 0 Å². The number of hydroxylamine groups is 1. The van der Waals surface area contributed by atoms with Crippen LogP contribution in [0.25, 0.3) is 0 Å². The molecule has 0 aliphatic carbocycles. The Labute approximate surface area is 99.4 Å². The first-order valence-corrected chi connectivity index (χ1v) is 5.27. The highest BCUT2D eigenvalue weighted by Gasteiger charge is 2.23. The quantitative estimate of drug-likeness (QED) is 0.758. The van der Waals surface area contributed by atoms with E-state index in [2.05, 4.69) is 5.48 Å². The lowest BCUT2D eigenvalue weighted by atomic mass is 10.1. The van der Waals surface area contributed by atoms with Crippen molar-refractivity contribution in [3.05, 3.63) is 35.9 Å². The van der Waals surface area contributed by atoms with Crippen LogP contribution >= 0.6 is 0 Å². The van der Waals surface area contributed by atoms with Gasteiger partial charge in [-0.1, -0.05) is 32.0 Å². The van der Waals surface area contributed by atoms with Crippen molar-refractivity contribution in [1.29, 1.82) is 0 Å². The molecule has 1 aromatic carbocycles. The Hall–Kier alpha value is -1.88. The fourth-order valence-corrected chi connectivity index (χ4v) is 1.22. The van der Waals surface area contributed by atoms with Crippen LogP contribution in [0.1, 0.15) is 24.2 Å². The van der Waals surface area contributed by atoms with Crippen molar-refractivity contribution in [2.45, 2.75) is 19.9 Å². The van der Waals surface area contributed by atoms with Crippen LogP contribution < -0.4 is 5.48 Å². The van der Waals surface area contributed by atoms with Gasteiger partial charge in [0.15, 0.2) is 0 Å². The molecule has 0 fully saturated rings. The summed E-state index contributed by atoms with van der Waals surface area (Å²) < 4.78 is 0. The topological polar surface area (TPSA) is 75.6 Å². The molecule has 5 nitrogen and oxygen atoms in total. The molecule has 92 valence electrons. The number of carboxylic acid groups (broad SMARTS) is 1. The van der Waals surface area contributed by atoms with Crippen LogP contribution in [0.4, 0.5) is 0 Å². The molecule has 0 saturated carbocycles. The zero-order valence-electron chi connectivity index (χ0n) is 9.71. The van der Waals surface area contributed by atoms with Crippen molar-refractivity contribution in [3.8, 4) is 0 Å². The molecule has 0 unspecified atom stereocenters. The summed E-state index contributed by atoms with van der Waals surface area (Å²) in [5, 5.41) is 8.87. The van der Waals surface area contributed by atoms with Gasteiger partial charge in [-0.3, -0.25) is 4.79 Å². The van der Waals surface area contributed by atoms with Crippen molar-refractivity contribution in [2.24, 2.45) is 5.92 Å². The van der Waals surface area contributed by atoms with Crippen molar-refractivity contribution in [2.75, 3.05) is 0 Å². The maximum absolute atomic E-state index is 11.5. The molecule has 1 atom stereocenters. The number of carbonyl (C=O) groups excluding carboxylic acids is 1. The molecule has 5 heteroatoms. The second kappa shape index (κ2) is 6.00. The van der Waals surface area contributed by atoms with Crippen molar-refractivity contribution < 1.29 is 19.5 Å². The summed E-state index contributed by atoms with van der Waals surface area (Å²) in [6, 6.07) is 7.45. The number of rotatable bonds is 5. The summed E-state index contributed by atoms with van der Waals surface area (Å²) in [6.07, 6.45) is 0. The lowest BCUT2D eigenvalue weighted by molar-refractivity contribution is -0.144. The van der Waals surface area contributed by atoms with E-state index in [1.54, 1.807) is 44.2 Å². The molecule has 17 heavy (non-hydrogen) atoms. The van der Waals surface area contributed by atoms with Crippen LogP contribution in [-0.4, -0.2) is 23.1 Å². The molecule has 1 rings (SSSR count). The fraction of sp³-hybridized carbons (Fsp3) is 0.333. The highest BCUT2D eigenvalue weighted by atomic mass is 16.7. The van der Waals surface area contributed by atoms with E-state index in [-0.39, 0.29) is 5.92 Å². The van der Waals surface area contributed by atoms with E-state index < -0.39 is 18.0 Å².